The molecule has 0 saturated heterocycles. The minimum absolute atomic E-state index is 0.0359. The van der Waals surface area contributed by atoms with Crippen molar-refractivity contribution in [3.05, 3.63) is 58.1 Å². The molecule has 0 saturated carbocycles. The van der Waals surface area contributed by atoms with Crippen molar-refractivity contribution in [1.29, 1.82) is 0 Å². The van der Waals surface area contributed by atoms with Crippen molar-refractivity contribution >= 4 is 49.7 Å². The van der Waals surface area contributed by atoms with Crippen LogP contribution >= 0.6 is 22.9 Å². The van der Waals surface area contributed by atoms with Crippen molar-refractivity contribution in [2.75, 3.05) is 24.3 Å². The number of aryl methyl sites for hydroxylation is 1. The van der Waals surface area contributed by atoms with E-state index in [-0.39, 0.29) is 14.9 Å². The van der Waals surface area contributed by atoms with E-state index in [2.05, 4.69) is 15.0 Å². The first-order valence-electron chi connectivity index (χ1n) is 8.52. The second kappa shape index (κ2) is 8.90. The number of halogens is 1. The highest BCUT2D eigenvalue weighted by Crippen LogP contribution is 2.31. The lowest BCUT2D eigenvalue weighted by Crippen LogP contribution is -2.12. The smallest absolute Gasteiger partial charge is 0.267 e. The first-order chi connectivity index (χ1) is 14.2. The monoisotopic (exact) mass is 467 g/mol. The van der Waals surface area contributed by atoms with Crippen molar-refractivity contribution < 1.29 is 22.7 Å². The number of sulfonamides is 1. The fourth-order valence-corrected chi connectivity index (χ4v) is 4.74. The van der Waals surface area contributed by atoms with Gasteiger partial charge in [0, 0.05) is 11.1 Å². The summed E-state index contributed by atoms with van der Waals surface area (Å²) in [5, 5.41) is 3.24. The molecular weight excluding hydrogens is 450 g/mol. The van der Waals surface area contributed by atoms with Gasteiger partial charge >= 0.3 is 0 Å². The molecule has 1 heterocycles. The van der Waals surface area contributed by atoms with E-state index in [0.717, 1.165) is 11.3 Å². The van der Waals surface area contributed by atoms with Crippen LogP contribution in [0.2, 0.25) is 5.02 Å². The number of ether oxygens (including phenoxy) is 2. The molecule has 1 aromatic heterocycles. The molecule has 0 fully saturated rings. The van der Waals surface area contributed by atoms with Gasteiger partial charge in [-0.2, -0.15) is 0 Å². The van der Waals surface area contributed by atoms with E-state index in [1.165, 1.54) is 38.5 Å². The first-order valence-corrected chi connectivity index (χ1v) is 11.2. The molecule has 0 radical (unpaired) electrons. The number of hydrogen-bond acceptors (Lipinski definition) is 7. The highest BCUT2D eigenvalue weighted by Gasteiger charge is 2.21. The summed E-state index contributed by atoms with van der Waals surface area (Å²) in [4.78, 5) is 17.2. The Hall–Kier alpha value is -2.82. The number of thiazole rings is 1. The number of methoxy groups -OCH3 is 2. The van der Waals surface area contributed by atoms with E-state index < -0.39 is 15.9 Å². The van der Waals surface area contributed by atoms with Gasteiger partial charge in [0.15, 0.2) is 5.13 Å². The van der Waals surface area contributed by atoms with Gasteiger partial charge in [0.2, 0.25) is 0 Å². The highest BCUT2D eigenvalue weighted by atomic mass is 35.5. The second-order valence-corrected chi connectivity index (χ2v) is 9.13. The maximum absolute atomic E-state index is 12.7. The van der Waals surface area contributed by atoms with Crippen LogP contribution in [0.1, 0.15) is 15.4 Å². The molecule has 0 aliphatic carbocycles. The molecule has 0 atom stereocenters. The Kier molecular flexibility index (Phi) is 6.49. The van der Waals surface area contributed by atoms with Gasteiger partial charge in [0.1, 0.15) is 16.4 Å². The molecule has 158 valence electrons. The summed E-state index contributed by atoms with van der Waals surface area (Å²) in [7, 11) is -0.857. The van der Waals surface area contributed by atoms with Gasteiger partial charge in [-0.05, 0) is 43.3 Å². The van der Waals surface area contributed by atoms with Crippen molar-refractivity contribution in [1.82, 2.24) is 4.98 Å². The summed E-state index contributed by atoms with van der Waals surface area (Å²) >= 11 is 6.73. The predicted octanol–water partition coefficient (Wildman–Crippen LogP) is 4.18. The molecule has 3 aromatic rings. The summed E-state index contributed by atoms with van der Waals surface area (Å²) in [6.07, 6.45) is 0. The first kappa shape index (κ1) is 21.9. The van der Waals surface area contributed by atoms with E-state index in [0.29, 0.717) is 27.9 Å². The molecule has 11 heteroatoms. The van der Waals surface area contributed by atoms with Crippen molar-refractivity contribution in [3.8, 4) is 11.5 Å². The number of benzene rings is 2. The maximum atomic E-state index is 12.7. The van der Waals surface area contributed by atoms with E-state index in [4.69, 9.17) is 21.1 Å². The van der Waals surface area contributed by atoms with Crippen molar-refractivity contribution in [3.63, 3.8) is 0 Å². The zero-order valence-corrected chi connectivity index (χ0v) is 18.6. The molecule has 1 amide bonds. The number of anilines is 2. The van der Waals surface area contributed by atoms with Crippen LogP contribution in [0.5, 0.6) is 11.5 Å². The van der Waals surface area contributed by atoms with Crippen LogP contribution in [0.4, 0.5) is 10.8 Å². The van der Waals surface area contributed by atoms with Crippen molar-refractivity contribution in [2.24, 2.45) is 0 Å². The SMILES string of the molecule is COc1ccc(NC(=O)c2sc(NS(=O)(=O)c3ccc(Cl)cc3)nc2C)c(OC)c1. The van der Waals surface area contributed by atoms with Gasteiger partial charge < -0.3 is 14.8 Å². The summed E-state index contributed by atoms with van der Waals surface area (Å²) in [6.45, 7) is 1.62. The van der Waals surface area contributed by atoms with Crippen LogP contribution < -0.4 is 19.5 Å². The number of nitrogens with zero attached hydrogens (tertiary/aromatic N) is 1. The minimum atomic E-state index is -3.86. The third kappa shape index (κ3) is 4.84. The number of carbonyl (C=O) groups is 1. The Morgan fingerprint density at radius 2 is 1.80 bits per heavy atom. The van der Waals surface area contributed by atoms with Crippen LogP contribution in [0.3, 0.4) is 0 Å². The lowest BCUT2D eigenvalue weighted by molar-refractivity contribution is 0.102. The molecule has 8 nitrogen and oxygen atoms in total. The van der Waals surface area contributed by atoms with E-state index in [9.17, 15) is 13.2 Å². The third-order valence-corrected chi connectivity index (χ3v) is 6.81. The Balaban J connectivity index is 1.80. The van der Waals surface area contributed by atoms with Crippen LogP contribution in [-0.4, -0.2) is 33.5 Å². The van der Waals surface area contributed by atoms with Gasteiger partial charge in [-0.1, -0.05) is 22.9 Å². The number of hydrogen-bond donors (Lipinski definition) is 2. The Bertz CT molecular complexity index is 1180. The zero-order valence-electron chi connectivity index (χ0n) is 16.2. The molecule has 2 aromatic carbocycles. The average molecular weight is 468 g/mol. The molecule has 0 unspecified atom stereocenters. The standard InChI is InChI=1S/C19H18ClN3O5S2/c1-11-17(18(24)22-15-9-6-13(27-2)10-16(15)28-3)29-19(21-11)23-30(25,26)14-7-4-12(20)5-8-14/h4-10H,1-3H3,(H,21,23)(H,22,24). The highest BCUT2D eigenvalue weighted by molar-refractivity contribution is 7.93. The number of amides is 1. The third-order valence-electron chi connectivity index (χ3n) is 4.01. The Morgan fingerprint density at radius 1 is 1.10 bits per heavy atom. The predicted molar refractivity (Wildman–Crippen MR) is 117 cm³/mol. The Labute approximate surface area is 182 Å². The normalized spacial score (nSPS) is 11.1. The summed E-state index contributed by atoms with van der Waals surface area (Å²) < 4.78 is 37.8. The molecule has 0 aliphatic heterocycles. The molecule has 0 spiro atoms. The van der Waals surface area contributed by atoms with Crippen LogP contribution in [0, 0.1) is 6.92 Å². The number of carbonyl (C=O) groups excluding carboxylic acids is 1. The lowest BCUT2D eigenvalue weighted by Gasteiger charge is -2.11. The van der Waals surface area contributed by atoms with Gasteiger partial charge in [0.25, 0.3) is 15.9 Å². The summed E-state index contributed by atoms with van der Waals surface area (Å²) in [6, 6.07) is 10.7. The average Bonchev–Trinajstić information content (AvgIpc) is 3.08. The number of rotatable bonds is 7. The van der Waals surface area contributed by atoms with Crippen LogP contribution in [-0.2, 0) is 10.0 Å². The van der Waals surface area contributed by atoms with Gasteiger partial charge in [-0.25, -0.2) is 13.4 Å². The van der Waals surface area contributed by atoms with Gasteiger partial charge in [-0.15, -0.1) is 0 Å². The largest absolute Gasteiger partial charge is 0.497 e. The van der Waals surface area contributed by atoms with Gasteiger partial charge in [0.05, 0.1) is 30.5 Å². The molecule has 0 aliphatic rings. The number of aromatic nitrogens is 1. The van der Waals surface area contributed by atoms with E-state index in [1.807, 2.05) is 0 Å². The zero-order chi connectivity index (χ0) is 21.9. The maximum Gasteiger partial charge on any atom is 0.267 e. The molecular formula is C19H18ClN3O5S2. The molecule has 2 N–H and O–H groups in total. The fraction of sp³-hybridized carbons (Fsp3) is 0.158. The summed E-state index contributed by atoms with van der Waals surface area (Å²) in [5.41, 5.74) is 0.832. The van der Waals surface area contributed by atoms with Crippen LogP contribution in [0.25, 0.3) is 0 Å². The molecule has 3 rings (SSSR count). The second-order valence-electron chi connectivity index (χ2n) is 6.01. The molecule has 0 bridgehead atoms. The topological polar surface area (TPSA) is 107 Å². The molecule has 30 heavy (non-hydrogen) atoms. The number of nitrogens with one attached hydrogen (secondary N) is 2. The lowest BCUT2D eigenvalue weighted by atomic mass is 10.2. The van der Waals surface area contributed by atoms with E-state index >= 15 is 0 Å². The van der Waals surface area contributed by atoms with E-state index in [1.54, 1.807) is 25.1 Å². The Morgan fingerprint density at radius 3 is 2.43 bits per heavy atom. The van der Waals surface area contributed by atoms with Crippen LogP contribution in [0.15, 0.2) is 47.4 Å². The van der Waals surface area contributed by atoms with Crippen molar-refractivity contribution in [2.45, 2.75) is 11.8 Å². The van der Waals surface area contributed by atoms with Gasteiger partial charge in [-0.3, -0.25) is 9.52 Å². The summed E-state index contributed by atoms with van der Waals surface area (Å²) in [5.74, 6) is 0.566. The minimum Gasteiger partial charge on any atom is -0.497 e. The fourth-order valence-electron chi connectivity index (χ4n) is 2.52. The quantitative estimate of drug-likeness (QED) is 0.540.